The summed E-state index contributed by atoms with van der Waals surface area (Å²) < 4.78 is 93.0. The maximum Gasteiger partial charge on any atom is 0.490 e. The minimum absolute atomic E-state index is 0.0537. The van der Waals surface area contributed by atoms with Crippen LogP contribution in [0, 0.1) is 0 Å². The maximum atomic E-state index is 12.7. The minimum atomic E-state index is -5.85. The van der Waals surface area contributed by atoms with Gasteiger partial charge in [-0.2, -0.15) is 21.6 Å². The summed E-state index contributed by atoms with van der Waals surface area (Å²) in [6.45, 7) is 5.69. The summed E-state index contributed by atoms with van der Waals surface area (Å²) in [5.74, 6) is -0.781. The number of H-pyrrole nitrogens is 1. The molecule has 6 unspecified atom stereocenters. The molecule has 0 spiro atoms. The lowest BCUT2D eigenvalue weighted by Gasteiger charge is -2.27. The normalized spacial score (nSPS) is 21.5. The zero-order chi connectivity index (χ0) is 52.0. The second-order valence-corrected chi connectivity index (χ2v) is 22.0. The molecule has 2 aromatic heterocycles. The lowest BCUT2D eigenvalue weighted by atomic mass is 9.83. The van der Waals surface area contributed by atoms with Crippen molar-refractivity contribution in [3.05, 3.63) is 110 Å². The van der Waals surface area contributed by atoms with E-state index >= 15 is 0 Å². The van der Waals surface area contributed by atoms with Crippen molar-refractivity contribution in [2.45, 2.75) is 87.8 Å². The molecule has 0 aliphatic carbocycles. The number of fused-ring (bicyclic) bond motifs is 1. The Balaban J connectivity index is 1.16. The van der Waals surface area contributed by atoms with Gasteiger partial charge in [-0.1, -0.05) is 38.5 Å². The van der Waals surface area contributed by atoms with Crippen molar-refractivity contribution < 1.29 is 93.2 Å². The second kappa shape index (κ2) is 22.7. The standard InChI is InChI=1S/C40H52N5O21P3S/c1-5-43-22-26(38(50)62-4)15-16-27(43)12-9-13-32-40(2,3)29-21-28(70(59,60)61)17-18-30(29)44(32)20-8-6-7-14-33(46)41-19-10-11-25-23-45(39(51)42-36(25)49)37-35(48)34(47)31(64-37)24-63-68(55,56)66-69(57,58)65-67(52,53)54/h9-13,15-18,21-23,31,34-35,37,47-48H,5-8,14,19-20,24H2,1-4H3,(H6-,41,42,46,49,51,52,53,54,55,56,57,58,59,60,61)/p+1/b11-10+. The van der Waals surface area contributed by atoms with Crippen molar-refractivity contribution >= 4 is 63.3 Å². The molecule has 4 heterocycles. The first-order valence-electron chi connectivity index (χ1n) is 21.1. The molecule has 9 N–H and O–H groups in total. The van der Waals surface area contributed by atoms with Gasteiger partial charge in [-0.05, 0) is 55.7 Å². The summed E-state index contributed by atoms with van der Waals surface area (Å²) >= 11 is 0. The molecule has 3 aromatic rings. The fourth-order valence-electron chi connectivity index (χ4n) is 7.57. The summed E-state index contributed by atoms with van der Waals surface area (Å²) in [6, 6.07) is 7.90. The van der Waals surface area contributed by atoms with E-state index in [0.29, 0.717) is 48.0 Å². The van der Waals surface area contributed by atoms with Crippen LogP contribution in [0.25, 0.3) is 12.2 Å². The average Bonchev–Trinajstić information content (AvgIpc) is 3.66. The fourth-order valence-corrected chi connectivity index (χ4v) is 11.1. The summed E-state index contributed by atoms with van der Waals surface area (Å²) in [4.78, 5) is 90.3. The molecule has 70 heavy (non-hydrogen) atoms. The number of hydrogen-bond donors (Lipinski definition) is 9. The number of anilines is 1. The molecule has 0 saturated carbocycles. The molecule has 1 aromatic carbocycles. The number of esters is 1. The van der Waals surface area contributed by atoms with E-state index in [1.807, 2.05) is 48.6 Å². The first kappa shape index (κ1) is 56.1. The van der Waals surface area contributed by atoms with E-state index in [9.17, 15) is 65.8 Å². The number of allylic oxidation sites excluding steroid dienone is 3. The van der Waals surface area contributed by atoms with Crippen LogP contribution < -0.4 is 26.0 Å². The van der Waals surface area contributed by atoms with E-state index < -0.39 is 87.4 Å². The fraction of sp³-hybridized carbons (Fsp3) is 0.425. The van der Waals surface area contributed by atoms with Gasteiger partial charge in [-0.15, -0.1) is 0 Å². The highest BCUT2D eigenvalue weighted by atomic mass is 32.2. The van der Waals surface area contributed by atoms with Crippen molar-refractivity contribution in [2.75, 3.05) is 31.7 Å². The molecule has 6 atom stereocenters. The Kier molecular flexibility index (Phi) is 18.2. The quantitative estimate of drug-likeness (QED) is 0.0228. The summed E-state index contributed by atoms with van der Waals surface area (Å²) in [7, 11) is -20.3. The van der Waals surface area contributed by atoms with Crippen LogP contribution in [0.1, 0.15) is 79.9 Å². The van der Waals surface area contributed by atoms with Crippen LogP contribution in [0.2, 0.25) is 0 Å². The van der Waals surface area contributed by atoms with Crippen LogP contribution >= 0.6 is 23.5 Å². The highest BCUT2D eigenvalue weighted by molar-refractivity contribution is 7.85. The number of amides is 1. The number of aliphatic hydroxyl groups is 2. The van der Waals surface area contributed by atoms with E-state index in [2.05, 4.69) is 23.4 Å². The molecule has 26 nitrogen and oxygen atoms in total. The van der Waals surface area contributed by atoms with Crippen LogP contribution in [0.4, 0.5) is 5.69 Å². The summed E-state index contributed by atoms with van der Waals surface area (Å²) in [5, 5.41) is 23.8. The highest BCUT2D eigenvalue weighted by Crippen LogP contribution is 2.66. The molecular formula is C40H53N5O21P3S+. The molecule has 384 valence electrons. The highest BCUT2D eigenvalue weighted by Gasteiger charge is 2.47. The Labute approximate surface area is 399 Å². The zero-order valence-electron chi connectivity index (χ0n) is 37.8. The van der Waals surface area contributed by atoms with Crippen molar-refractivity contribution in [3.63, 3.8) is 0 Å². The molecule has 1 fully saturated rings. The number of aryl methyl sites for hydroxylation is 1. The minimum Gasteiger partial charge on any atom is -0.465 e. The molecule has 2 aliphatic rings. The molecule has 1 saturated heterocycles. The molecule has 0 radical (unpaired) electrons. The Morgan fingerprint density at radius 3 is 2.36 bits per heavy atom. The SMILES string of the molecule is CC[n+]1cc(C(=O)OC)ccc1/C=C/C=C1\N(CCCCCC(=O)NC/C=C/c2cn(C3OC(COP(=O)(O)OP(=O)(O)OP(=O)(O)O)C(O)C3O)c(=O)[nH]c2=O)c2ccc(S(=O)(=O)O)cc2C1(C)C. The number of aliphatic hydroxyl groups excluding tert-OH is 2. The third kappa shape index (κ3) is 14.4. The molecule has 2 aliphatic heterocycles. The number of nitrogens with one attached hydrogen (secondary N) is 2. The Morgan fingerprint density at radius 2 is 1.70 bits per heavy atom. The number of pyridine rings is 1. The van der Waals surface area contributed by atoms with Crippen LogP contribution in [-0.4, -0.2) is 109 Å². The van der Waals surface area contributed by atoms with Gasteiger partial charge in [-0.25, -0.2) is 23.3 Å². The van der Waals surface area contributed by atoms with Crippen molar-refractivity contribution in [1.82, 2.24) is 14.9 Å². The third-order valence-electron chi connectivity index (χ3n) is 10.9. The predicted octanol–water partition coefficient (Wildman–Crippen LogP) is 1.92. The topological polar surface area (TPSA) is 381 Å². The molecular weight excluding hydrogens is 1010 g/mol. The van der Waals surface area contributed by atoms with Gasteiger partial charge in [0.15, 0.2) is 12.4 Å². The second-order valence-electron chi connectivity index (χ2n) is 16.2. The number of nitrogens with zero attached hydrogens (tertiary/aromatic N) is 3. The third-order valence-corrected chi connectivity index (χ3v) is 15.6. The number of phosphoric acid groups is 3. The number of unbranched alkanes of at least 4 members (excludes halogenated alkanes) is 2. The van der Waals surface area contributed by atoms with Crippen molar-refractivity contribution in [3.8, 4) is 0 Å². The molecule has 0 bridgehead atoms. The lowest BCUT2D eigenvalue weighted by Crippen LogP contribution is -2.38. The van der Waals surface area contributed by atoms with Gasteiger partial charge >= 0.3 is 35.1 Å². The number of methoxy groups -OCH3 is 1. The number of carbonyl (C=O) groups is 2. The Hall–Kier alpha value is -4.79. The van der Waals surface area contributed by atoms with Crippen molar-refractivity contribution in [2.24, 2.45) is 0 Å². The molecule has 30 heteroatoms. The van der Waals surface area contributed by atoms with E-state index in [4.69, 9.17) is 19.3 Å². The largest absolute Gasteiger partial charge is 0.490 e. The smallest absolute Gasteiger partial charge is 0.465 e. The van der Waals surface area contributed by atoms with Crippen molar-refractivity contribution in [1.29, 1.82) is 0 Å². The van der Waals surface area contributed by atoms with Gasteiger partial charge in [-0.3, -0.25) is 28.2 Å². The summed E-state index contributed by atoms with van der Waals surface area (Å²) in [6.07, 6.45) is 5.53. The number of hydrogen-bond acceptors (Lipinski definition) is 17. The van der Waals surface area contributed by atoms with Crippen LogP contribution in [0.3, 0.4) is 0 Å². The number of phosphoric ester groups is 1. The van der Waals surface area contributed by atoms with E-state index in [1.54, 1.807) is 24.4 Å². The Bertz CT molecular complexity index is 2930. The number of aromatic amines is 1. The van der Waals surface area contributed by atoms with Crippen LogP contribution in [0.15, 0.2) is 81.1 Å². The number of benzene rings is 1. The maximum absolute atomic E-state index is 12.7. The predicted molar refractivity (Wildman–Crippen MR) is 245 cm³/mol. The average molecular weight is 1060 g/mol. The van der Waals surface area contributed by atoms with Gasteiger partial charge in [0.1, 0.15) is 30.4 Å². The monoisotopic (exact) mass is 1060 g/mol. The van der Waals surface area contributed by atoms with E-state index in [0.717, 1.165) is 23.3 Å². The summed E-state index contributed by atoms with van der Waals surface area (Å²) in [5.41, 5.74) is 0.641. The van der Waals surface area contributed by atoms with Gasteiger partial charge in [0, 0.05) is 54.6 Å². The van der Waals surface area contributed by atoms with Gasteiger partial charge in [0.2, 0.25) is 11.6 Å². The first-order valence-corrected chi connectivity index (χ1v) is 27.0. The zero-order valence-corrected chi connectivity index (χ0v) is 41.3. The van der Waals surface area contributed by atoms with Gasteiger partial charge in [0.05, 0.1) is 24.2 Å². The first-order chi connectivity index (χ1) is 32.6. The van der Waals surface area contributed by atoms with E-state index in [-0.39, 0.29) is 29.3 Å². The number of aromatic nitrogens is 3. The van der Waals surface area contributed by atoms with E-state index in [1.165, 1.54) is 31.4 Å². The number of carbonyl (C=O) groups excluding carboxylic acids is 2. The molecule has 1 amide bonds. The Morgan fingerprint density at radius 1 is 0.986 bits per heavy atom. The number of ether oxygens (including phenoxy) is 2. The number of rotatable bonds is 22. The van der Waals surface area contributed by atoms with Crippen LogP contribution in [0.5, 0.6) is 0 Å². The van der Waals surface area contributed by atoms with Gasteiger partial charge < -0.3 is 49.5 Å². The lowest BCUT2D eigenvalue weighted by molar-refractivity contribution is -0.695. The van der Waals surface area contributed by atoms with Crippen LogP contribution in [-0.2, 0) is 63.2 Å². The molecule has 5 rings (SSSR count). The van der Waals surface area contributed by atoms with Gasteiger partial charge in [0.25, 0.3) is 15.7 Å².